The molecule has 4 rings (SSSR count). The van der Waals surface area contributed by atoms with E-state index in [2.05, 4.69) is 10.1 Å². The fraction of sp³-hybridized carbons (Fsp3) is 0.400. The third-order valence-electron chi connectivity index (χ3n) is 5.64. The third-order valence-corrected chi connectivity index (χ3v) is 6.58. The van der Waals surface area contributed by atoms with Crippen molar-refractivity contribution in [1.82, 2.24) is 14.6 Å². The molecule has 3 atom stereocenters. The number of amidine groups is 1. The van der Waals surface area contributed by atoms with Crippen LogP contribution in [0.5, 0.6) is 0 Å². The highest BCUT2D eigenvalue weighted by Crippen LogP contribution is 2.42. The first-order valence-corrected chi connectivity index (χ1v) is 11.7. The van der Waals surface area contributed by atoms with Gasteiger partial charge in [0, 0.05) is 24.2 Å². The van der Waals surface area contributed by atoms with Gasteiger partial charge >= 0.3 is 0 Å². The van der Waals surface area contributed by atoms with Crippen LogP contribution in [0, 0.1) is 23.3 Å². The van der Waals surface area contributed by atoms with E-state index in [1.165, 1.54) is 4.90 Å². The van der Waals surface area contributed by atoms with Crippen molar-refractivity contribution < 1.29 is 44.0 Å². The molecular formula is C20H17F7N4O3S. The number of halogens is 7. The predicted octanol–water partition coefficient (Wildman–Crippen LogP) is 3.07. The summed E-state index contributed by atoms with van der Waals surface area (Å²) in [4.78, 5) is 10.2. The van der Waals surface area contributed by atoms with Gasteiger partial charge in [0.1, 0.15) is 42.0 Å². The van der Waals surface area contributed by atoms with Crippen LogP contribution in [0.3, 0.4) is 0 Å². The largest absolute Gasteiger partial charge is 0.378 e. The molecule has 1 aromatic carbocycles. The molecule has 35 heavy (non-hydrogen) atoms. The molecule has 0 saturated carbocycles. The van der Waals surface area contributed by atoms with Crippen LogP contribution >= 0.6 is 0 Å². The molecule has 1 aromatic heterocycles. The normalized spacial score (nSPS) is 24.5. The summed E-state index contributed by atoms with van der Waals surface area (Å²) in [6.45, 7) is -2.05. The second kappa shape index (κ2) is 9.26. The van der Waals surface area contributed by atoms with Gasteiger partial charge in [-0.25, -0.2) is 43.9 Å². The zero-order chi connectivity index (χ0) is 25.5. The summed E-state index contributed by atoms with van der Waals surface area (Å²) < 4.78 is 122. The van der Waals surface area contributed by atoms with E-state index < -0.39 is 93.6 Å². The summed E-state index contributed by atoms with van der Waals surface area (Å²) in [5.74, 6) is -5.10. The van der Waals surface area contributed by atoms with Gasteiger partial charge in [0.05, 0.1) is 36.5 Å². The number of pyridine rings is 1. The highest BCUT2D eigenvalue weighted by molar-refractivity contribution is 7.89. The van der Waals surface area contributed by atoms with E-state index in [9.17, 15) is 39.2 Å². The van der Waals surface area contributed by atoms with E-state index in [0.717, 1.165) is 0 Å². The fourth-order valence-electron chi connectivity index (χ4n) is 4.03. The lowest BCUT2D eigenvalue weighted by Gasteiger charge is -2.26. The topological polar surface area (TPSA) is 83.9 Å². The van der Waals surface area contributed by atoms with Crippen LogP contribution in [0.1, 0.15) is 12.1 Å². The smallest absolute Gasteiger partial charge is 0.241 e. The van der Waals surface area contributed by atoms with Gasteiger partial charge < -0.3 is 9.74 Å². The van der Waals surface area contributed by atoms with E-state index in [1.807, 2.05) is 4.72 Å². The zero-order valence-corrected chi connectivity index (χ0v) is 18.4. The van der Waals surface area contributed by atoms with Crippen molar-refractivity contribution in [3.05, 3.63) is 53.4 Å². The van der Waals surface area contributed by atoms with Gasteiger partial charge in [-0.15, -0.1) is 0 Å². The second-order valence-corrected chi connectivity index (χ2v) is 9.75. The minimum absolute atomic E-state index is 0.0515. The Morgan fingerprint density at radius 1 is 1.09 bits per heavy atom. The van der Waals surface area contributed by atoms with Crippen molar-refractivity contribution in [2.45, 2.75) is 24.2 Å². The van der Waals surface area contributed by atoms with Crippen molar-refractivity contribution in [3.63, 3.8) is 0 Å². The lowest BCUT2D eigenvalue weighted by atomic mass is 9.89. The lowest BCUT2D eigenvalue weighted by Crippen LogP contribution is -2.42. The minimum atomic E-state index is -4.36. The first-order valence-electron chi connectivity index (χ1n) is 10.1. The Labute approximate surface area is 194 Å². The molecule has 2 aromatic rings. The number of benzene rings is 1. The van der Waals surface area contributed by atoms with Crippen LogP contribution in [0.15, 0.2) is 29.6 Å². The van der Waals surface area contributed by atoms with Gasteiger partial charge in [-0.3, -0.25) is 4.98 Å². The molecule has 2 aliphatic rings. The van der Waals surface area contributed by atoms with Crippen molar-refractivity contribution in [2.24, 2.45) is 5.16 Å². The maximum atomic E-state index is 14.5. The number of rotatable bonds is 6. The number of hydrogen-bond acceptors (Lipinski definition) is 6. The number of nitrogens with zero attached hydrogens (tertiary/aromatic N) is 3. The van der Waals surface area contributed by atoms with Gasteiger partial charge in [-0.2, -0.15) is 0 Å². The van der Waals surface area contributed by atoms with Crippen LogP contribution in [-0.2, 0) is 20.5 Å². The molecule has 7 nitrogen and oxygen atoms in total. The number of sulfonamides is 1. The Hall–Kier alpha value is -2.94. The molecule has 1 fully saturated rings. The summed E-state index contributed by atoms with van der Waals surface area (Å²) in [7, 11) is -4.36. The summed E-state index contributed by atoms with van der Waals surface area (Å²) in [5.41, 5.74) is -3.97. The molecule has 0 spiro atoms. The summed E-state index contributed by atoms with van der Waals surface area (Å²) in [6, 6.07) is -1.68. The van der Waals surface area contributed by atoms with Gasteiger partial charge in [-0.05, 0) is 6.07 Å². The van der Waals surface area contributed by atoms with E-state index in [4.69, 9.17) is 4.84 Å². The monoisotopic (exact) mass is 526 g/mol. The Balaban J connectivity index is 1.65. The van der Waals surface area contributed by atoms with Gasteiger partial charge in [0.2, 0.25) is 21.6 Å². The van der Waals surface area contributed by atoms with Gasteiger partial charge in [0.25, 0.3) is 0 Å². The van der Waals surface area contributed by atoms with Crippen molar-refractivity contribution in [2.75, 3.05) is 25.8 Å². The minimum Gasteiger partial charge on any atom is -0.378 e. The molecule has 2 aliphatic heterocycles. The molecule has 0 radical (unpaired) electrons. The molecule has 0 amide bonds. The predicted molar refractivity (Wildman–Crippen MR) is 109 cm³/mol. The molecule has 15 heteroatoms. The van der Waals surface area contributed by atoms with E-state index in [0.29, 0.717) is 24.4 Å². The summed E-state index contributed by atoms with van der Waals surface area (Å²) >= 11 is 0. The van der Waals surface area contributed by atoms with E-state index in [-0.39, 0.29) is 12.4 Å². The molecule has 3 heterocycles. The van der Waals surface area contributed by atoms with E-state index >= 15 is 0 Å². The average molecular weight is 526 g/mol. The average Bonchev–Trinajstić information content (AvgIpc) is 3.37. The van der Waals surface area contributed by atoms with Crippen LogP contribution in [0.25, 0.3) is 11.1 Å². The summed E-state index contributed by atoms with van der Waals surface area (Å²) in [5, 5.41) is 3.72. The van der Waals surface area contributed by atoms with Crippen LogP contribution in [-0.4, -0.2) is 62.1 Å². The third kappa shape index (κ3) is 4.78. The molecule has 1 saturated heterocycles. The first kappa shape index (κ1) is 25.2. The zero-order valence-electron chi connectivity index (χ0n) is 17.6. The van der Waals surface area contributed by atoms with Gasteiger partial charge in [0.15, 0.2) is 0 Å². The SMILES string of the molecule is O=S(=O)(CF)N[C@@H]1CN(C2=NOC(CF)(c3ncc(F)cc3-c3c(F)cc(F)cc3F)C2)C[C@@H]1F. The van der Waals surface area contributed by atoms with Crippen molar-refractivity contribution >= 4 is 15.9 Å². The van der Waals surface area contributed by atoms with Crippen LogP contribution < -0.4 is 4.72 Å². The molecular weight excluding hydrogens is 509 g/mol. The number of aromatic nitrogens is 1. The molecule has 0 bridgehead atoms. The molecule has 1 N–H and O–H groups in total. The Morgan fingerprint density at radius 2 is 1.77 bits per heavy atom. The van der Waals surface area contributed by atoms with Gasteiger partial charge in [-0.1, -0.05) is 5.16 Å². The maximum Gasteiger partial charge on any atom is 0.241 e. The quantitative estimate of drug-likeness (QED) is 0.586. The number of likely N-dealkylation sites (tertiary alicyclic amines) is 1. The fourth-order valence-corrected chi connectivity index (χ4v) is 4.78. The number of alkyl halides is 3. The first-order chi connectivity index (χ1) is 16.5. The number of hydrogen-bond donors (Lipinski definition) is 1. The number of oxime groups is 1. The molecule has 0 aliphatic carbocycles. The summed E-state index contributed by atoms with van der Waals surface area (Å²) in [6.07, 6.45) is -1.55. The molecule has 190 valence electrons. The highest BCUT2D eigenvalue weighted by atomic mass is 32.2. The Kier molecular flexibility index (Phi) is 6.66. The maximum absolute atomic E-state index is 14.5. The van der Waals surface area contributed by atoms with Crippen molar-refractivity contribution in [3.8, 4) is 11.1 Å². The van der Waals surface area contributed by atoms with Crippen LogP contribution in [0.4, 0.5) is 30.7 Å². The molecule has 1 unspecified atom stereocenters. The van der Waals surface area contributed by atoms with Crippen LogP contribution in [0.2, 0.25) is 0 Å². The Bertz CT molecular complexity index is 1260. The van der Waals surface area contributed by atoms with E-state index in [1.54, 1.807) is 0 Å². The lowest BCUT2D eigenvalue weighted by molar-refractivity contribution is -0.0435. The Morgan fingerprint density at radius 3 is 2.40 bits per heavy atom. The number of nitrogens with one attached hydrogen (secondary N) is 1. The second-order valence-electron chi connectivity index (χ2n) is 8.07. The van der Waals surface area contributed by atoms with Crippen molar-refractivity contribution in [1.29, 1.82) is 0 Å². The highest BCUT2D eigenvalue weighted by Gasteiger charge is 2.48. The standard InChI is InChI=1S/C20H17F7N4O3S/c21-8-20(4-17(29-34-20)31-6-15(27)16(7-31)30-35(32,33)9-22)19-12(1-11(24)5-28-19)18-13(25)2-10(23)3-14(18)26/h1-3,5,15-16,30H,4,6-9H2/t15-,16+,20?/m0/s1.